The van der Waals surface area contributed by atoms with E-state index in [1.165, 1.54) is 24.8 Å². The third-order valence-electron chi connectivity index (χ3n) is 5.86. The quantitative estimate of drug-likeness (QED) is 0.373. The third kappa shape index (κ3) is 5.04. The summed E-state index contributed by atoms with van der Waals surface area (Å²) in [6, 6.07) is 8.34. The van der Waals surface area contributed by atoms with Crippen LogP contribution >= 0.6 is 0 Å². The number of para-hydroxylation sites is 2. The number of hydrogen-bond donors (Lipinski definition) is 2. The maximum absolute atomic E-state index is 5.30. The summed E-state index contributed by atoms with van der Waals surface area (Å²) < 4.78 is 7.60. The molecule has 1 fully saturated rings. The molecule has 154 valence electrons. The minimum Gasteiger partial charge on any atom is -0.385 e. The van der Waals surface area contributed by atoms with Gasteiger partial charge in [-0.3, -0.25) is 4.99 Å². The smallest absolute Gasteiger partial charge is 0.191 e. The number of guanidine groups is 1. The first-order valence-electron chi connectivity index (χ1n) is 10.6. The van der Waals surface area contributed by atoms with Crippen LogP contribution in [0.5, 0.6) is 0 Å². The van der Waals surface area contributed by atoms with Crippen LogP contribution in [0.25, 0.3) is 11.0 Å². The molecule has 6 heteroatoms. The normalized spacial score (nSPS) is 16.2. The predicted molar refractivity (Wildman–Crippen MR) is 116 cm³/mol. The van der Waals surface area contributed by atoms with Crippen molar-refractivity contribution in [2.75, 3.05) is 33.4 Å². The van der Waals surface area contributed by atoms with Gasteiger partial charge in [-0.05, 0) is 57.1 Å². The fourth-order valence-corrected chi connectivity index (χ4v) is 3.99. The van der Waals surface area contributed by atoms with Crippen LogP contribution in [0.1, 0.15) is 44.9 Å². The number of imidazole rings is 1. The van der Waals surface area contributed by atoms with Gasteiger partial charge in [0.15, 0.2) is 5.96 Å². The van der Waals surface area contributed by atoms with E-state index in [-0.39, 0.29) is 0 Å². The topological polar surface area (TPSA) is 63.5 Å². The maximum atomic E-state index is 5.30. The van der Waals surface area contributed by atoms with Crippen LogP contribution in [0.3, 0.4) is 0 Å². The van der Waals surface area contributed by atoms with Crippen molar-refractivity contribution in [2.45, 2.75) is 52.5 Å². The van der Waals surface area contributed by atoms with Crippen LogP contribution < -0.4 is 10.6 Å². The second-order valence-corrected chi connectivity index (χ2v) is 7.87. The molecule has 0 bridgehead atoms. The molecule has 2 N–H and O–H groups in total. The number of benzene rings is 1. The van der Waals surface area contributed by atoms with Crippen LogP contribution in [0.2, 0.25) is 0 Å². The van der Waals surface area contributed by atoms with Gasteiger partial charge in [-0.15, -0.1) is 0 Å². The van der Waals surface area contributed by atoms with Gasteiger partial charge in [-0.1, -0.05) is 18.6 Å². The Morgan fingerprint density at radius 2 is 2.11 bits per heavy atom. The Bertz CT molecular complexity index is 778. The monoisotopic (exact) mass is 385 g/mol. The number of aryl methyl sites for hydroxylation is 2. The standard InChI is InChI=1S/C22H35N5O/c1-4-23-21(25-17-22(11-7-12-22)13-16-28-3)24-14-8-15-27-18(2)26-19-9-5-6-10-20(19)27/h5-6,9-10H,4,7-8,11-17H2,1-3H3,(H2,23,24,25). The van der Waals surface area contributed by atoms with Crippen molar-refractivity contribution in [1.29, 1.82) is 0 Å². The number of fused-ring (bicyclic) bond motifs is 1. The Morgan fingerprint density at radius 1 is 1.29 bits per heavy atom. The lowest BCUT2D eigenvalue weighted by Gasteiger charge is -2.40. The van der Waals surface area contributed by atoms with Crippen LogP contribution in [-0.2, 0) is 11.3 Å². The van der Waals surface area contributed by atoms with Gasteiger partial charge in [0.05, 0.1) is 11.0 Å². The first kappa shape index (κ1) is 20.6. The van der Waals surface area contributed by atoms with E-state index < -0.39 is 0 Å². The van der Waals surface area contributed by atoms with E-state index in [0.717, 1.165) is 62.9 Å². The second kappa shape index (κ2) is 9.92. The first-order chi connectivity index (χ1) is 13.7. The molecule has 1 aliphatic carbocycles. The summed E-state index contributed by atoms with van der Waals surface area (Å²) >= 11 is 0. The zero-order valence-electron chi connectivity index (χ0n) is 17.6. The van der Waals surface area contributed by atoms with Gasteiger partial charge in [-0.25, -0.2) is 4.98 Å². The lowest BCUT2D eigenvalue weighted by molar-refractivity contribution is 0.0778. The van der Waals surface area contributed by atoms with E-state index in [2.05, 4.69) is 52.2 Å². The van der Waals surface area contributed by atoms with Gasteiger partial charge < -0.3 is 19.9 Å². The highest BCUT2D eigenvalue weighted by atomic mass is 16.5. The van der Waals surface area contributed by atoms with Gasteiger partial charge >= 0.3 is 0 Å². The molecule has 1 saturated carbocycles. The fourth-order valence-electron chi connectivity index (χ4n) is 3.99. The zero-order chi connectivity index (χ0) is 19.8. The average Bonchev–Trinajstić information content (AvgIpc) is 2.99. The molecule has 3 rings (SSSR count). The highest BCUT2D eigenvalue weighted by molar-refractivity contribution is 5.79. The summed E-state index contributed by atoms with van der Waals surface area (Å²) in [7, 11) is 1.78. The van der Waals surface area contributed by atoms with Crippen LogP contribution in [-0.4, -0.2) is 48.9 Å². The molecule has 0 unspecified atom stereocenters. The fraction of sp³-hybridized carbons (Fsp3) is 0.636. The number of nitrogens with zero attached hydrogens (tertiary/aromatic N) is 3. The van der Waals surface area contributed by atoms with E-state index in [1.807, 2.05) is 6.07 Å². The Hall–Kier alpha value is -2.08. The molecule has 1 aromatic heterocycles. The van der Waals surface area contributed by atoms with E-state index in [0.29, 0.717) is 5.41 Å². The molecule has 1 aliphatic rings. The van der Waals surface area contributed by atoms with Crippen molar-refractivity contribution < 1.29 is 4.74 Å². The second-order valence-electron chi connectivity index (χ2n) is 7.87. The number of aliphatic imine (C=N–C) groups is 1. The number of methoxy groups -OCH3 is 1. The third-order valence-corrected chi connectivity index (χ3v) is 5.86. The van der Waals surface area contributed by atoms with Crippen molar-refractivity contribution in [1.82, 2.24) is 20.2 Å². The van der Waals surface area contributed by atoms with Gasteiger partial charge in [0, 0.05) is 39.9 Å². The minimum absolute atomic E-state index is 0.352. The van der Waals surface area contributed by atoms with Crippen molar-refractivity contribution in [3.63, 3.8) is 0 Å². The SMILES string of the molecule is CCNC(=NCC1(CCOC)CCC1)NCCCn1c(C)nc2ccccc21. The van der Waals surface area contributed by atoms with Gasteiger partial charge in [0.25, 0.3) is 0 Å². The highest BCUT2D eigenvalue weighted by Crippen LogP contribution is 2.44. The molecule has 1 aromatic carbocycles. The summed E-state index contributed by atoms with van der Waals surface area (Å²) in [5.41, 5.74) is 2.64. The number of nitrogens with one attached hydrogen (secondary N) is 2. The van der Waals surface area contributed by atoms with E-state index in [1.54, 1.807) is 7.11 Å². The number of ether oxygens (including phenoxy) is 1. The van der Waals surface area contributed by atoms with Crippen LogP contribution in [0.4, 0.5) is 0 Å². The molecule has 0 radical (unpaired) electrons. The number of hydrogen-bond acceptors (Lipinski definition) is 3. The highest BCUT2D eigenvalue weighted by Gasteiger charge is 2.36. The van der Waals surface area contributed by atoms with Gasteiger partial charge in [0.1, 0.15) is 5.82 Å². The molecule has 2 aromatic rings. The molecule has 6 nitrogen and oxygen atoms in total. The number of rotatable bonds is 10. The summed E-state index contributed by atoms with van der Waals surface area (Å²) in [4.78, 5) is 9.53. The van der Waals surface area contributed by atoms with Crippen molar-refractivity contribution in [3.8, 4) is 0 Å². The molecule has 0 spiro atoms. The molecule has 1 heterocycles. The summed E-state index contributed by atoms with van der Waals surface area (Å²) in [5, 5.41) is 6.88. The van der Waals surface area contributed by atoms with Crippen molar-refractivity contribution in [2.24, 2.45) is 10.4 Å². The summed E-state index contributed by atoms with van der Waals surface area (Å²) in [6.07, 6.45) is 6.00. The Kier molecular flexibility index (Phi) is 7.31. The Morgan fingerprint density at radius 3 is 2.82 bits per heavy atom. The molecule has 0 saturated heterocycles. The summed E-state index contributed by atoms with van der Waals surface area (Å²) in [6.45, 7) is 8.63. The molecule has 0 atom stereocenters. The van der Waals surface area contributed by atoms with Gasteiger partial charge in [-0.2, -0.15) is 0 Å². The van der Waals surface area contributed by atoms with Crippen LogP contribution in [0.15, 0.2) is 29.3 Å². The molecule has 0 aliphatic heterocycles. The molecular weight excluding hydrogens is 350 g/mol. The van der Waals surface area contributed by atoms with Gasteiger partial charge in [0.2, 0.25) is 0 Å². The van der Waals surface area contributed by atoms with E-state index in [9.17, 15) is 0 Å². The van der Waals surface area contributed by atoms with E-state index >= 15 is 0 Å². The Balaban J connectivity index is 1.51. The lowest BCUT2D eigenvalue weighted by Crippen LogP contribution is -2.40. The molecule has 28 heavy (non-hydrogen) atoms. The zero-order valence-corrected chi connectivity index (χ0v) is 17.6. The lowest BCUT2D eigenvalue weighted by atomic mass is 9.67. The average molecular weight is 386 g/mol. The molecular formula is C22H35N5O. The van der Waals surface area contributed by atoms with E-state index in [4.69, 9.17) is 9.73 Å². The largest absolute Gasteiger partial charge is 0.385 e. The maximum Gasteiger partial charge on any atom is 0.191 e. The first-order valence-corrected chi connectivity index (χ1v) is 10.6. The van der Waals surface area contributed by atoms with Crippen LogP contribution in [0, 0.1) is 12.3 Å². The van der Waals surface area contributed by atoms with Crippen molar-refractivity contribution in [3.05, 3.63) is 30.1 Å². The predicted octanol–water partition coefficient (Wildman–Crippen LogP) is 3.50. The summed E-state index contributed by atoms with van der Waals surface area (Å²) in [5.74, 6) is 2.00. The van der Waals surface area contributed by atoms with Crippen molar-refractivity contribution >= 4 is 17.0 Å². The molecule has 0 amide bonds. The Labute approximate surface area is 168 Å². The minimum atomic E-state index is 0.352. The number of aromatic nitrogens is 2.